The van der Waals surface area contributed by atoms with Gasteiger partial charge in [0, 0.05) is 18.0 Å². The molecule has 0 fully saturated rings. The van der Waals surface area contributed by atoms with Crippen LogP contribution in [-0.4, -0.2) is 25.1 Å². The average Bonchev–Trinajstić information content (AvgIpc) is 3.21. The van der Waals surface area contributed by atoms with Crippen LogP contribution in [0.3, 0.4) is 0 Å². The smallest absolute Gasteiger partial charge is 0.225 e. The fourth-order valence-electron chi connectivity index (χ4n) is 3.02. The standard InChI is InChI=1S/C21H19FN8/c1-3-14-9-18(30-29-14)27-20-19-15(22)5-4-6-17(19)26-21(28-20)25-12(2)16-8-7-13(10-23)11-24-16/h4-9,11-12H,3H2,1-2H3,(H3,25,26,27,28,29,30)/t12-/m0/s1. The summed E-state index contributed by atoms with van der Waals surface area (Å²) in [5.41, 5.74) is 2.63. The van der Waals surface area contributed by atoms with Crippen LogP contribution in [0.25, 0.3) is 10.9 Å². The van der Waals surface area contributed by atoms with Crippen molar-refractivity contribution in [1.29, 1.82) is 5.26 Å². The summed E-state index contributed by atoms with van der Waals surface area (Å²) in [7, 11) is 0. The Morgan fingerprint density at radius 1 is 1.23 bits per heavy atom. The third-order valence-electron chi connectivity index (χ3n) is 4.64. The summed E-state index contributed by atoms with van der Waals surface area (Å²) in [6, 6.07) is 11.8. The van der Waals surface area contributed by atoms with Crippen LogP contribution in [0.2, 0.25) is 0 Å². The monoisotopic (exact) mass is 402 g/mol. The third kappa shape index (κ3) is 3.89. The van der Waals surface area contributed by atoms with E-state index in [4.69, 9.17) is 5.26 Å². The fourth-order valence-corrected chi connectivity index (χ4v) is 3.02. The Balaban J connectivity index is 1.68. The van der Waals surface area contributed by atoms with Gasteiger partial charge in [-0.2, -0.15) is 15.3 Å². The van der Waals surface area contributed by atoms with Crippen molar-refractivity contribution in [2.24, 2.45) is 0 Å². The molecule has 4 rings (SSSR count). The van der Waals surface area contributed by atoms with Crippen molar-refractivity contribution in [1.82, 2.24) is 25.1 Å². The van der Waals surface area contributed by atoms with E-state index >= 15 is 0 Å². The number of aromatic nitrogens is 5. The minimum atomic E-state index is -0.422. The molecule has 0 aliphatic heterocycles. The molecule has 0 saturated heterocycles. The molecule has 8 nitrogen and oxygen atoms in total. The van der Waals surface area contributed by atoms with E-state index < -0.39 is 5.82 Å². The summed E-state index contributed by atoms with van der Waals surface area (Å²) in [6.45, 7) is 3.92. The Kier molecular flexibility index (Phi) is 5.22. The molecule has 9 heteroatoms. The molecule has 3 heterocycles. The number of fused-ring (bicyclic) bond motifs is 1. The van der Waals surface area contributed by atoms with Gasteiger partial charge in [0.1, 0.15) is 17.7 Å². The number of H-pyrrole nitrogens is 1. The molecule has 0 amide bonds. The van der Waals surface area contributed by atoms with E-state index in [2.05, 4.69) is 35.8 Å². The first-order valence-electron chi connectivity index (χ1n) is 9.47. The number of benzene rings is 1. The largest absolute Gasteiger partial charge is 0.346 e. The molecule has 0 spiro atoms. The number of hydrogen-bond donors (Lipinski definition) is 3. The minimum absolute atomic E-state index is 0.228. The van der Waals surface area contributed by atoms with Crippen LogP contribution >= 0.6 is 0 Å². The number of aromatic amines is 1. The molecule has 3 N–H and O–H groups in total. The van der Waals surface area contributed by atoms with Crippen LogP contribution < -0.4 is 10.6 Å². The number of anilines is 3. The Hall–Kier alpha value is -4.06. The van der Waals surface area contributed by atoms with Gasteiger partial charge in [0.25, 0.3) is 0 Å². The van der Waals surface area contributed by atoms with Crippen LogP contribution in [0.5, 0.6) is 0 Å². The molecule has 0 aliphatic rings. The number of aryl methyl sites for hydroxylation is 1. The maximum absolute atomic E-state index is 14.5. The van der Waals surface area contributed by atoms with Gasteiger partial charge in [0.15, 0.2) is 5.82 Å². The fraction of sp³-hybridized carbons (Fsp3) is 0.190. The van der Waals surface area contributed by atoms with Crippen molar-refractivity contribution in [3.8, 4) is 6.07 Å². The van der Waals surface area contributed by atoms with E-state index in [1.807, 2.05) is 26.0 Å². The highest BCUT2D eigenvalue weighted by Crippen LogP contribution is 2.28. The number of nitrogens with zero attached hydrogens (tertiary/aromatic N) is 5. The third-order valence-corrected chi connectivity index (χ3v) is 4.64. The highest BCUT2D eigenvalue weighted by Gasteiger charge is 2.15. The summed E-state index contributed by atoms with van der Waals surface area (Å²) in [6.07, 6.45) is 2.31. The molecule has 0 bridgehead atoms. The molecule has 30 heavy (non-hydrogen) atoms. The van der Waals surface area contributed by atoms with E-state index in [9.17, 15) is 4.39 Å². The first kappa shape index (κ1) is 19.3. The van der Waals surface area contributed by atoms with Crippen molar-refractivity contribution in [2.75, 3.05) is 10.6 Å². The molecule has 0 saturated carbocycles. The summed E-state index contributed by atoms with van der Waals surface area (Å²) < 4.78 is 14.5. The molecular formula is C21H19FN8. The van der Waals surface area contributed by atoms with Gasteiger partial charge in [-0.1, -0.05) is 13.0 Å². The second-order valence-corrected chi connectivity index (χ2v) is 6.74. The first-order valence-corrected chi connectivity index (χ1v) is 9.47. The average molecular weight is 402 g/mol. The first-order chi connectivity index (χ1) is 14.6. The van der Waals surface area contributed by atoms with Gasteiger partial charge in [-0.3, -0.25) is 10.1 Å². The molecule has 3 aromatic heterocycles. The summed E-state index contributed by atoms with van der Waals surface area (Å²) in [5, 5.41) is 22.6. The lowest BCUT2D eigenvalue weighted by Gasteiger charge is -2.15. The second kappa shape index (κ2) is 8.13. The van der Waals surface area contributed by atoms with Gasteiger partial charge in [-0.25, -0.2) is 9.37 Å². The second-order valence-electron chi connectivity index (χ2n) is 6.74. The molecule has 0 aliphatic carbocycles. The lowest BCUT2D eigenvalue weighted by molar-refractivity contribution is 0.639. The maximum Gasteiger partial charge on any atom is 0.225 e. The zero-order valence-electron chi connectivity index (χ0n) is 16.4. The van der Waals surface area contributed by atoms with Gasteiger partial charge in [-0.15, -0.1) is 0 Å². The number of nitriles is 1. The quantitative estimate of drug-likeness (QED) is 0.442. The number of pyridine rings is 1. The summed E-state index contributed by atoms with van der Waals surface area (Å²) in [5.74, 6) is 0.757. The van der Waals surface area contributed by atoms with Crippen LogP contribution in [0.1, 0.15) is 36.8 Å². The normalized spacial score (nSPS) is 11.8. The predicted octanol–water partition coefficient (Wildman–Crippen LogP) is 4.24. The highest BCUT2D eigenvalue weighted by molar-refractivity contribution is 5.92. The Bertz CT molecular complexity index is 1230. The van der Waals surface area contributed by atoms with Gasteiger partial charge in [-0.05, 0) is 37.6 Å². The lowest BCUT2D eigenvalue weighted by Crippen LogP contribution is -2.12. The van der Waals surface area contributed by atoms with E-state index in [0.717, 1.165) is 17.8 Å². The molecule has 0 radical (unpaired) electrons. The number of halogens is 1. The lowest BCUT2D eigenvalue weighted by atomic mass is 10.2. The van der Waals surface area contributed by atoms with Gasteiger partial charge >= 0.3 is 0 Å². The topological polar surface area (TPSA) is 115 Å². The minimum Gasteiger partial charge on any atom is -0.346 e. The van der Waals surface area contributed by atoms with Crippen LogP contribution in [0.4, 0.5) is 22.0 Å². The van der Waals surface area contributed by atoms with Crippen molar-refractivity contribution in [2.45, 2.75) is 26.3 Å². The molecule has 0 unspecified atom stereocenters. The van der Waals surface area contributed by atoms with E-state index in [1.54, 1.807) is 24.3 Å². The molecule has 150 valence electrons. The van der Waals surface area contributed by atoms with Gasteiger partial charge in [0.2, 0.25) is 5.95 Å². The summed E-state index contributed by atoms with van der Waals surface area (Å²) >= 11 is 0. The summed E-state index contributed by atoms with van der Waals surface area (Å²) in [4.78, 5) is 13.2. The molecule has 1 aromatic carbocycles. The Labute approximate surface area is 172 Å². The van der Waals surface area contributed by atoms with E-state index in [-0.39, 0.29) is 11.4 Å². The van der Waals surface area contributed by atoms with Crippen LogP contribution in [0.15, 0.2) is 42.6 Å². The van der Waals surface area contributed by atoms with Crippen molar-refractivity contribution in [3.63, 3.8) is 0 Å². The molecule has 1 atom stereocenters. The SMILES string of the molecule is CCc1cc(Nc2nc(N[C@@H](C)c3ccc(C#N)cn3)nc3cccc(F)c23)n[nH]1. The zero-order chi connectivity index (χ0) is 21.1. The van der Waals surface area contributed by atoms with Crippen LogP contribution in [-0.2, 0) is 6.42 Å². The molecular weight excluding hydrogens is 383 g/mol. The number of nitrogens with one attached hydrogen (secondary N) is 3. The van der Waals surface area contributed by atoms with E-state index in [0.29, 0.717) is 28.7 Å². The highest BCUT2D eigenvalue weighted by atomic mass is 19.1. The van der Waals surface area contributed by atoms with Crippen LogP contribution in [0, 0.1) is 17.1 Å². The Morgan fingerprint density at radius 2 is 2.10 bits per heavy atom. The molecule has 4 aromatic rings. The van der Waals surface area contributed by atoms with Gasteiger partial charge < -0.3 is 10.6 Å². The van der Waals surface area contributed by atoms with Crippen molar-refractivity contribution >= 4 is 28.5 Å². The predicted molar refractivity (Wildman–Crippen MR) is 112 cm³/mol. The van der Waals surface area contributed by atoms with Gasteiger partial charge in [0.05, 0.1) is 28.2 Å². The number of hydrogen-bond acceptors (Lipinski definition) is 7. The van der Waals surface area contributed by atoms with Crippen molar-refractivity contribution < 1.29 is 4.39 Å². The Morgan fingerprint density at radius 3 is 2.80 bits per heavy atom. The number of rotatable bonds is 6. The maximum atomic E-state index is 14.5. The van der Waals surface area contributed by atoms with E-state index in [1.165, 1.54) is 12.3 Å². The van der Waals surface area contributed by atoms with Crippen molar-refractivity contribution in [3.05, 3.63) is 65.4 Å². The zero-order valence-corrected chi connectivity index (χ0v) is 16.4.